The largest absolute Gasteiger partial charge is 0.481 e. The van der Waals surface area contributed by atoms with Gasteiger partial charge in [0.2, 0.25) is 11.4 Å². The molecule has 0 saturated heterocycles. The van der Waals surface area contributed by atoms with Crippen molar-refractivity contribution in [1.29, 1.82) is 0 Å². The molecule has 0 aliphatic heterocycles. The number of carbonyl (C=O) groups excluding carboxylic acids is 2. The summed E-state index contributed by atoms with van der Waals surface area (Å²) >= 11 is 12.1. The molecule has 2 aliphatic carbocycles. The molecule has 0 saturated carbocycles. The number of fused-ring (bicyclic) bond motifs is 2. The summed E-state index contributed by atoms with van der Waals surface area (Å²) in [4.78, 5) is 63.4. The number of rotatable bonds is 17. The van der Waals surface area contributed by atoms with Gasteiger partial charge in [-0.05, 0) is 119 Å². The Morgan fingerprint density at radius 1 is 0.613 bits per heavy atom. The first-order valence-corrected chi connectivity index (χ1v) is 24.7. The number of H-pyrrole nitrogens is 1. The monoisotopic (exact) mass is 1050 g/mol. The number of nitrogens with zero attached hydrogens (tertiary/aromatic N) is 5. The highest BCUT2D eigenvalue weighted by molar-refractivity contribution is 6.31. The van der Waals surface area contributed by atoms with Crippen molar-refractivity contribution in [2.45, 2.75) is 63.2 Å². The molecule has 0 spiro atoms. The highest BCUT2D eigenvalue weighted by Crippen LogP contribution is 2.37. The Labute approximate surface area is 439 Å². The summed E-state index contributed by atoms with van der Waals surface area (Å²) in [6.07, 6.45) is 12.4. The maximum Gasteiger partial charge on any atom is 0.248 e. The number of ether oxygens (including phenoxy) is 1. The molecule has 4 aromatic carbocycles. The van der Waals surface area contributed by atoms with Crippen molar-refractivity contribution in [1.82, 2.24) is 29.9 Å². The van der Waals surface area contributed by atoms with E-state index in [0.717, 1.165) is 56.8 Å². The molecule has 0 amide bonds. The molecular weight excluding hydrogens is 1000 g/mol. The van der Waals surface area contributed by atoms with E-state index in [4.69, 9.17) is 27.9 Å². The van der Waals surface area contributed by atoms with Gasteiger partial charge in [0.25, 0.3) is 0 Å². The van der Waals surface area contributed by atoms with Crippen LogP contribution in [0.4, 0.5) is 17.6 Å². The lowest BCUT2D eigenvalue weighted by Gasteiger charge is -2.20. The van der Waals surface area contributed by atoms with Gasteiger partial charge in [0.05, 0.1) is 24.2 Å². The Bertz CT molecular complexity index is 3510. The molecule has 4 heterocycles. The number of halogens is 6. The van der Waals surface area contributed by atoms with Crippen LogP contribution in [-0.2, 0) is 35.3 Å². The maximum absolute atomic E-state index is 14.0. The average Bonchev–Trinajstić information content (AvgIpc) is 3.98. The number of pyridine rings is 2. The fourth-order valence-electron chi connectivity index (χ4n) is 9.68. The Kier molecular flexibility index (Phi) is 16.3. The minimum atomic E-state index is -0.683. The third-order valence-electron chi connectivity index (χ3n) is 13.0. The number of aromatic amines is 1. The molecule has 0 bridgehead atoms. The number of benzene rings is 4. The quantitative estimate of drug-likeness (QED) is 0.0882. The Hall–Kier alpha value is -7.94. The predicted molar refractivity (Wildman–Crippen MR) is 280 cm³/mol. The van der Waals surface area contributed by atoms with Crippen molar-refractivity contribution in [2.75, 3.05) is 7.11 Å². The van der Waals surface area contributed by atoms with Gasteiger partial charge in [0.15, 0.2) is 0 Å². The number of carbonyl (C=O) groups is 2. The van der Waals surface area contributed by atoms with Crippen LogP contribution in [0.5, 0.6) is 5.88 Å². The molecule has 4 aromatic heterocycles. The van der Waals surface area contributed by atoms with Crippen LogP contribution in [0.15, 0.2) is 151 Å². The van der Waals surface area contributed by atoms with Crippen molar-refractivity contribution in [3.63, 3.8) is 0 Å². The normalized spacial score (nSPS) is 13.2. The van der Waals surface area contributed by atoms with Gasteiger partial charge in [-0.2, -0.15) is 0 Å². The lowest BCUT2D eigenvalue weighted by Crippen LogP contribution is -2.14. The molecule has 0 unspecified atom stereocenters. The number of hydrogen-bond acceptors (Lipinski definition) is 9. The van der Waals surface area contributed by atoms with Crippen LogP contribution in [0.2, 0.25) is 10.0 Å². The van der Waals surface area contributed by atoms with E-state index in [2.05, 4.69) is 29.9 Å². The summed E-state index contributed by atoms with van der Waals surface area (Å²) in [5.74, 6) is -3.24. The highest BCUT2D eigenvalue weighted by Gasteiger charge is 2.27. The van der Waals surface area contributed by atoms with E-state index in [9.17, 15) is 31.9 Å². The Balaban J connectivity index is 0.000000184. The molecule has 8 aromatic rings. The first-order valence-electron chi connectivity index (χ1n) is 23.9. The zero-order valence-corrected chi connectivity index (χ0v) is 41.8. The minimum absolute atomic E-state index is 0.0312. The summed E-state index contributed by atoms with van der Waals surface area (Å²) in [5, 5.41) is 1.16. The van der Waals surface area contributed by atoms with E-state index in [1.165, 1.54) is 43.0 Å². The third kappa shape index (κ3) is 13.1. The fraction of sp³-hybridized carbons (Fsp3) is 0.186. The minimum Gasteiger partial charge on any atom is -0.481 e. The number of Topliss-reactive ketones (excluding diaryl/α,β-unsaturated/α-hetero) is 2. The topological polar surface area (TPSA) is 141 Å². The van der Waals surface area contributed by atoms with E-state index < -0.39 is 35.1 Å². The molecule has 10 nitrogen and oxygen atoms in total. The molecule has 16 heteroatoms. The van der Waals surface area contributed by atoms with Gasteiger partial charge in [-0.3, -0.25) is 14.4 Å². The van der Waals surface area contributed by atoms with E-state index in [1.807, 2.05) is 42.5 Å². The number of nitrogens with one attached hydrogen (secondary N) is 1. The maximum atomic E-state index is 14.0. The van der Waals surface area contributed by atoms with Crippen LogP contribution in [0, 0.1) is 23.3 Å². The van der Waals surface area contributed by atoms with Crippen LogP contribution in [0.1, 0.15) is 82.5 Å². The van der Waals surface area contributed by atoms with Crippen molar-refractivity contribution >= 4 is 45.9 Å². The second-order valence-corrected chi connectivity index (χ2v) is 19.2. The molecule has 2 aliphatic rings. The summed E-state index contributed by atoms with van der Waals surface area (Å²) in [7, 11) is 1.55. The van der Waals surface area contributed by atoms with Crippen LogP contribution >= 0.6 is 23.2 Å². The molecule has 0 radical (unpaired) electrons. The second-order valence-electron chi connectivity index (χ2n) is 18.3. The molecule has 75 heavy (non-hydrogen) atoms. The first kappa shape index (κ1) is 51.9. The molecule has 1 N–H and O–H groups in total. The van der Waals surface area contributed by atoms with Gasteiger partial charge in [-0.15, -0.1) is 0 Å². The number of allylic oxidation sites excluding steroid dienone is 4. The number of ketones is 2. The van der Waals surface area contributed by atoms with Crippen LogP contribution in [-0.4, -0.2) is 48.6 Å². The molecule has 0 fully saturated rings. The summed E-state index contributed by atoms with van der Waals surface area (Å²) in [5.41, 5.74) is 10.0. The highest BCUT2D eigenvalue weighted by atomic mass is 35.5. The van der Waals surface area contributed by atoms with E-state index in [0.29, 0.717) is 62.5 Å². The van der Waals surface area contributed by atoms with Crippen LogP contribution < -0.4 is 10.3 Å². The van der Waals surface area contributed by atoms with Gasteiger partial charge in [-0.25, -0.2) is 42.5 Å². The SMILES string of the molecule is COc1ccc2c(n1)C(CC(=O)C[C@@H](Cc1cc(F)cc(F)c1)c1ncncc1-c1ccc(Cl)cc1)=CC2.O=C(CC1=CCc2ccc(=O)[nH]c21)C[C@@H](Cc1cc(F)cc(F)c1)c1ncncc1-c1ccc(Cl)cc1. The van der Waals surface area contributed by atoms with Crippen molar-refractivity contribution in [2.24, 2.45) is 0 Å². The summed E-state index contributed by atoms with van der Waals surface area (Å²) < 4.78 is 61.3. The molecule has 378 valence electrons. The Morgan fingerprint density at radius 2 is 1.08 bits per heavy atom. The average molecular weight is 1050 g/mol. The second kappa shape index (κ2) is 23.5. The van der Waals surface area contributed by atoms with Gasteiger partial charge in [0.1, 0.15) is 47.5 Å². The summed E-state index contributed by atoms with van der Waals surface area (Å²) in [6, 6.07) is 28.2. The number of hydrogen-bond donors (Lipinski definition) is 1. The smallest absolute Gasteiger partial charge is 0.248 e. The first-order chi connectivity index (χ1) is 36.2. The van der Waals surface area contributed by atoms with Crippen molar-refractivity contribution < 1.29 is 31.9 Å². The fourth-order valence-corrected chi connectivity index (χ4v) is 9.93. The predicted octanol–water partition coefficient (Wildman–Crippen LogP) is 12.9. The standard InChI is InChI=1S/C30H24ClF2N3O2.C29H22ClF2N3O2/c1-38-28-9-6-20-2-3-21(29(20)36-28)13-26(37)14-22(10-18-11-24(32)15-25(33)12-18)30-27(16-34-17-35-30)19-4-7-23(31)8-5-19;30-22-6-3-18(4-7-22)26-15-33-16-34-29(26)21(9-17-10-23(31)14-24(32)11-17)13-25(36)12-20-2-1-19-5-8-27(37)35-28(19)20/h3-9,11-12,15-17,22H,2,10,13-14H2,1H3;2-8,10-11,14-16,21H,1,9,12-13H2,(H,35,37)/t22-;21-/m11/s1. The molecule has 2 atom stereocenters. The summed E-state index contributed by atoms with van der Waals surface area (Å²) in [6.45, 7) is 0. The number of methoxy groups -OCH3 is 1. The molecular formula is C59H46Cl2F4N6O4. The zero-order valence-electron chi connectivity index (χ0n) is 40.3. The zero-order chi connectivity index (χ0) is 52.6. The molecule has 10 rings (SSSR count). The van der Waals surface area contributed by atoms with Crippen molar-refractivity contribution in [3.05, 3.63) is 235 Å². The lowest BCUT2D eigenvalue weighted by molar-refractivity contribution is -0.119. The van der Waals surface area contributed by atoms with E-state index >= 15 is 0 Å². The van der Waals surface area contributed by atoms with E-state index in [-0.39, 0.29) is 55.7 Å². The van der Waals surface area contributed by atoms with Gasteiger partial charge < -0.3 is 9.72 Å². The number of aromatic nitrogens is 6. The van der Waals surface area contributed by atoms with Gasteiger partial charge in [-0.1, -0.05) is 71.8 Å². The Morgan fingerprint density at radius 3 is 1.59 bits per heavy atom. The van der Waals surface area contributed by atoms with E-state index in [1.54, 1.807) is 55.9 Å². The van der Waals surface area contributed by atoms with Gasteiger partial charge in [0, 0.05) is 101 Å². The van der Waals surface area contributed by atoms with Crippen LogP contribution in [0.25, 0.3) is 33.4 Å². The van der Waals surface area contributed by atoms with Crippen molar-refractivity contribution in [3.8, 4) is 28.1 Å². The lowest BCUT2D eigenvalue weighted by atomic mass is 9.86. The van der Waals surface area contributed by atoms with Gasteiger partial charge >= 0.3 is 0 Å². The van der Waals surface area contributed by atoms with Crippen LogP contribution in [0.3, 0.4) is 0 Å². The third-order valence-corrected chi connectivity index (χ3v) is 13.5.